The first-order valence-corrected chi connectivity index (χ1v) is 9.65. The molecule has 1 aromatic rings. The predicted octanol–water partition coefficient (Wildman–Crippen LogP) is 1.91. The van der Waals surface area contributed by atoms with Crippen LogP contribution in [-0.4, -0.2) is 64.3 Å². The van der Waals surface area contributed by atoms with Gasteiger partial charge in [-0.25, -0.2) is 0 Å². The van der Waals surface area contributed by atoms with Gasteiger partial charge >= 0.3 is 6.18 Å². The molecule has 2 amide bonds. The number of rotatable bonds is 8. The van der Waals surface area contributed by atoms with Crippen molar-refractivity contribution < 1.29 is 27.9 Å². The third kappa shape index (κ3) is 5.48. The van der Waals surface area contributed by atoms with Crippen molar-refractivity contribution in [2.24, 2.45) is 11.7 Å². The number of amides is 2. The van der Waals surface area contributed by atoms with E-state index in [2.05, 4.69) is 0 Å². The fraction of sp³-hybridized carbons (Fsp3) is 0.600. The molecule has 1 heterocycles. The van der Waals surface area contributed by atoms with Crippen LogP contribution >= 0.6 is 0 Å². The molecule has 0 spiro atoms. The highest BCUT2D eigenvalue weighted by Crippen LogP contribution is 2.31. The third-order valence-electron chi connectivity index (χ3n) is 5.34. The molecule has 9 heteroatoms. The molecule has 3 N–H and O–H groups in total. The van der Waals surface area contributed by atoms with Crippen LogP contribution in [0.2, 0.25) is 0 Å². The molecule has 1 saturated heterocycles. The van der Waals surface area contributed by atoms with Crippen LogP contribution in [0.1, 0.15) is 32.3 Å². The number of carbonyl (C=O) groups excluding carboxylic acids is 2. The van der Waals surface area contributed by atoms with Crippen LogP contribution in [0, 0.1) is 5.92 Å². The summed E-state index contributed by atoms with van der Waals surface area (Å²) in [5, 5.41) is 10.0. The lowest BCUT2D eigenvalue weighted by Gasteiger charge is -2.41. The van der Waals surface area contributed by atoms with E-state index in [1.165, 1.54) is 4.90 Å². The van der Waals surface area contributed by atoms with Crippen molar-refractivity contribution >= 4 is 12.3 Å². The van der Waals surface area contributed by atoms with E-state index in [-0.39, 0.29) is 12.3 Å². The Morgan fingerprint density at radius 1 is 1.34 bits per heavy atom. The summed E-state index contributed by atoms with van der Waals surface area (Å²) in [4.78, 5) is 26.9. The minimum atomic E-state index is -4.91. The normalized spacial score (nSPS) is 20.4. The van der Waals surface area contributed by atoms with Crippen molar-refractivity contribution in [3.05, 3.63) is 35.9 Å². The van der Waals surface area contributed by atoms with Gasteiger partial charge in [-0.2, -0.15) is 13.2 Å². The second-order valence-corrected chi connectivity index (χ2v) is 7.72. The zero-order chi connectivity index (χ0) is 21.8. The monoisotopic (exact) mass is 415 g/mol. The van der Waals surface area contributed by atoms with Gasteiger partial charge in [0.2, 0.25) is 12.3 Å². The summed E-state index contributed by atoms with van der Waals surface area (Å²) in [6.07, 6.45) is -7.59. The van der Waals surface area contributed by atoms with Gasteiger partial charge in [-0.1, -0.05) is 44.2 Å². The number of hydrogen-bond acceptors (Lipinski definition) is 4. The number of halogens is 3. The number of alkyl halides is 3. The summed E-state index contributed by atoms with van der Waals surface area (Å²) >= 11 is 0. The van der Waals surface area contributed by atoms with Crippen molar-refractivity contribution in [3.8, 4) is 0 Å². The maximum Gasteiger partial charge on any atom is 0.416 e. The highest BCUT2D eigenvalue weighted by Gasteiger charge is 2.48. The Hall–Kier alpha value is -2.13. The zero-order valence-electron chi connectivity index (χ0n) is 16.5. The van der Waals surface area contributed by atoms with Gasteiger partial charge < -0.3 is 20.6 Å². The van der Waals surface area contributed by atoms with Crippen LogP contribution in [0.15, 0.2) is 30.3 Å². The van der Waals surface area contributed by atoms with Crippen LogP contribution in [-0.2, 0) is 16.0 Å². The standard InChI is InChI=1S/C20H28F3N3O3/c1-13(2)17(24)19(29)25-10-6-9-16(25)26(12-27)15(18(28)20(21,22)23)11-14-7-4-3-5-8-14/h3-5,7-8,12-13,15-18,28H,6,9-11,24H2,1-2H3/t15-,16+,17-,18-/m0/s1. The Balaban J connectivity index is 2.35. The minimum absolute atomic E-state index is 0.158. The number of aliphatic hydroxyl groups is 1. The van der Waals surface area contributed by atoms with Crippen LogP contribution in [0.4, 0.5) is 13.2 Å². The van der Waals surface area contributed by atoms with Gasteiger partial charge in [-0.15, -0.1) is 0 Å². The maximum atomic E-state index is 13.4. The number of aliphatic hydroxyl groups excluding tert-OH is 1. The summed E-state index contributed by atoms with van der Waals surface area (Å²) in [5.74, 6) is -0.566. The van der Waals surface area contributed by atoms with Crippen molar-refractivity contribution in [1.29, 1.82) is 0 Å². The molecule has 0 radical (unpaired) electrons. The Morgan fingerprint density at radius 3 is 2.48 bits per heavy atom. The summed E-state index contributed by atoms with van der Waals surface area (Å²) < 4.78 is 40.1. The molecule has 0 saturated carbocycles. The molecule has 4 atom stereocenters. The molecule has 1 fully saturated rings. The lowest BCUT2D eigenvalue weighted by atomic mass is 9.98. The average Bonchev–Trinajstić information content (AvgIpc) is 3.15. The fourth-order valence-corrected chi connectivity index (χ4v) is 3.62. The van der Waals surface area contributed by atoms with Gasteiger partial charge in [-0.05, 0) is 30.7 Å². The highest BCUT2D eigenvalue weighted by atomic mass is 19.4. The largest absolute Gasteiger partial charge is 0.416 e. The first-order valence-electron chi connectivity index (χ1n) is 9.65. The maximum absolute atomic E-state index is 13.4. The number of benzene rings is 1. The predicted molar refractivity (Wildman–Crippen MR) is 101 cm³/mol. The van der Waals surface area contributed by atoms with E-state index in [1.807, 2.05) is 0 Å². The van der Waals surface area contributed by atoms with Gasteiger partial charge in [-0.3, -0.25) is 9.59 Å². The molecule has 0 unspecified atom stereocenters. The Morgan fingerprint density at radius 2 is 1.97 bits per heavy atom. The molecule has 1 aliphatic rings. The van der Waals surface area contributed by atoms with Crippen molar-refractivity contribution in [2.75, 3.05) is 6.54 Å². The molecule has 1 aromatic carbocycles. The van der Waals surface area contributed by atoms with E-state index in [4.69, 9.17) is 5.73 Å². The van der Waals surface area contributed by atoms with Crippen molar-refractivity contribution in [2.45, 2.75) is 63.6 Å². The molecular weight excluding hydrogens is 387 g/mol. The molecule has 6 nitrogen and oxygen atoms in total. The minimum Gasteiger partial charge on any atom is -0.382 e. The second-order valence-electron chi connectivity index (χ2n) is 7.72. The molecule has 29 heavy (non-hydrogen) atoms. The van der Waals surface area contributed by atoms with E-state index in [1.54, 1.807) is 44.2 Å². The Kier molecular flexibility index (Phi) is 7.65. The Labute approximate surface area is 168 Å². The lowest BCUT2D eigenvalue weighted by molar-refractivity contribution is -0.224. The molecule has 1 aliphatic heterocycles. The fourth-order valence-electron chi connectivity index (χ4n) is 3.62. The summed E-state index contributed by atoms with van der Waals surface area (Å²) in [6, 6.07) is 5.94. The smallest absolute Gasteiger partial charge is 0.382 e. The molecular formula is C20H28F3N3O3. The van der Waals surface area contributed by atoms with Gasteiger partial charge in [0.25, 0.3) is 0 Å². The average molecular weight is 415 g/mol. The van der Waals surface area contributed by atoms with Crippen LogP contribution in [0.5, 0.6) is 0 Å². The van der Waals surface area contributed by atoms with Crippen LogP contribution < -0.4 is 5.73 Å². The third-order valence-corrected chi connectivity index (χ3v) is 5.34. The van der Waals surface area contributed by atoms with Gasteiger partial charge in [0.15, 0.2) is 6.10 Å². The van der Waals surface area contributed by atoms with Gasteiger partial charge in [0.1, 0.15) is 6.17 Å². The molecule has 0 aromatic heterocycles. The van der Waals surface area contributed by atoms with E-state index in [0.29, 0.717) is 31.4 Å². The van der Waals surface area contributed by atoms with E-state index in [0.717, 1.165) is 4.90 Å². The van der Waals surface area contributed by atoms with Crippen LogP contribution in [0.3, 0.4) is 0 Å². The number of likely N-dealkylation sites (tertiary alicyclic amines) is 1. The first-order chi connectivity index (χ1) is 13.6. The van der Waals surface area contributed by atoms with Gasteiger partial charge in [0, 0.05) is 6.54 Å². The first kappa shape index (κ1) is 23.2. The summed E-state index contributed by atoms with van der Waals surface area (Å²) in [5.41, 5.74) is 6.49. The lowest BCUT2D eigenvalue weighted by Crippen LogP contribution is -2.60. The van der Waals surface area contributed by atoms with E-state index < -0.39 is 36.4 Å². The summed E-state index contributed by atoms with van der Waals surface area (Å²) in [7, 11) is 0. The molecule has 2 rings (SSSR count). The second kappa shape index (κ2) is 9.58. The number of carbonyl (C=O) groups is 2. The number of nitrogens with zero attached hydrogens (tertiary/aromatic N) is 2. The molecule has 0 bridgehead atoms. The van der Waals surface area contributed by atoms with E-state index in [9.17, 15) is 27.9 Å². The molecule has 0 aliphatic carbocycles. The SMILES string of the molecule is CC(C)[C@H](N)C(=O)N1CCC[C@H]1N(C=O)[C@@H](Cc1ccccc1)[C@H](O)C(F)(F)F. The van der Waals surface area contributed by atoms with Crippen molar-refractivity contribution in [3.63, 3.8) is 0 Å². The van der Waals surface area contributed by atoms with Crippen molar-refractivity contribution in [1.82, 2.24) is 9.80 Å². The highest BCUT2D eigenvalue weighted by molar-refractivity contribution is 5.82. The van der Waals surface area contributed by atoms with Gasteiger partial charge in [0.05, 0.1) is 12.1 Å². The number of hydrogen-bond donors (Lipinski definition) is 2. The summed E-state index contributed by atoms with van der Waals surface area (Å²) in [6.45, 7) is 3.85. The molecule has 162 valence electrons. The Bertz CT molecular complexity index is 685. The quantitative estimate of drug-likeness (QED) is 0.635. The van der Waals surface area contributed by atoms with E-state index >= 15 is 0 Å². The number of nitrogens with two attached hydrogens (primary N) is 1. The topological polar surface area (TPSA) is 86.9 Å². The zero-order valence-corrected chi connectivity index (χ0v) is 16.5. The van der Waals surface area contributed by atoms with Crippen LogP contribution in [0.25, 0.3) is 0 Å².